The van der Waals surface area contributed by atoms with Crippen molar-refractivity contribution in [3.05, 3.63) is 42.0 Å². The highest BCUT2D eigenvalue weighted by Crippen LogP contribution is 2.27. The zero-order valence-electron chi connectivity index (χ0n) is 12.8. The molecule has 0 saturated carbocycles. The Labute approximate surface area is 125 Å². The minimum atomic E-state index is -0.306. The lowest BCUT2D eigenvalue weighted by molar-refractivity contribution is -0.136. The van der Waals surface area contributed by atoms with Crippen molar-refractivity contribution in [3.8, 4) is 0 Å². The fraction of sp³-hybridized carbons (Fsp3) is 0.529. The summed E-state index contributed by atoms with van der Waals surface area (Å²) in [5.41, 5.74) is 1.97. The summed E-state index contributed by atoms with van der Waals surface area (Å²) in [5.74, 6) is 0.234. The summed E-state index contributed by atoms with van der Waals surface area (Å²) < 4.78 is 12.9. The lowest BCUT2D eigenvalue weighted by atomic mass is 9.92. The highest BCUT2D eigenvalue weighted by molar-refractivity contribution is 5.78. The van der Waals surface area contributed by atoms with Crippen molar-refractivity contribution in [1.29, 1.82) is 0 Å². The van der Waals surface area contributed by atoms with Gasteiger partial charge in [0.15, 0.2) is 0 Å². The van der Waals surface area contributed by atoms with E-state index in [1.165, 1.54) is 12.3 Å². The molecule has 0 spiro atoms. The minimum Gasteiger partial charge on any atom is -0.342 e. The molecule has 0 aliphatic carbocycles. The number of pyridine rings is 1. The van der Waals surface area contributed by atoms with Gasteiger partial charge in [-0.15, -0.1) is 6.58 Å². The molecule has 0 aromatic carbocycles. The Kier molecular flexibility index (Phi) is 5.10. The van der Waals surface area contributed by atoms with Crippen LogP contribution < -0.4 is 0 Å². The Balaban J connectivity index is 1.89. The molecule has 1 saturated heterocycles. The van der Waals surface area contributed by atoms with E-state index in [0.717, 1.165) is 43.6 Å². The van der Waals surface area contributed by atoms with E-state index in [2.05, 4.69) is 11.6 Å². The predicted octanol–water partition coefficient (Wildman–Crippen LogP) is 3.53. The zero-order valence-corrected chi connectivity index (χ0v) is 12.8. The lowest BCUT2D eigenvalue weighted by Crippen LogP contribution is -2.40. The van der Waals surface area contributed by atoms with E-state index < -0.39 is 0 Å². The van der Waals surface area contributed by atoms with Crippen LogP contribution in [-0.4, -0.2) is 28.9 Å². The van der Waals surface area contributed by atoms with Gasteiger partial charge in [-0.2, -0.15) is 0 Å². The fourth-order valence-electron chi connectivity index (χ4n) is 2.95. The number of nitrogens with zero attached hydrogens (tertiary/aromatic N) is 2. The first kappa shape index (κ1) is 15.7. The predicted molar refractivity (Wildman–Crippen MR) is 81.3 cm³/mol. The van der Waals surface area contributed by atoms with E-state index in [1.807, 2.05) is 18.7 Å². The Bertz CT molecular complexity index is 504. The van der Waals surface area contributed by atoms with Gasteiger partial charge in [0.1, 0.15) is 5.82 Å². The molecule has 1 aromatic rings. The molecule has 1 unspecified atom stereocenters. The molecule has 1 fully saturated rings. The SMILES string of the molecule is C=C(C)CC(C)C(=O)N1CCC(c2ccc(F)cn2)CC1. The number of amides is 1. The van der Waals surface area contributed by atoms with Crippen LogP contribution in [0.1, 0.15) is 44.7 Å². The third-order valence-corrected chi connectivity index (χ3v) is 4.05. The molecule has 0 bridgehead atoms. The maximum atomic E-state index is 12.9. The molecule has 2 rings (SSSR count). The van der Waals surface area contributed by atoms with Gasteiger partial charge >= 0.3 is 0 Å². The van der Waals surface area contributed by atoms with Crippen LogP contribution in [0.4, 0.5) is 4.39 Å². The summed E-state index contributed by atoms with van der Waals surface area (Å²) >= 11 is 0. The average molecular weight is 290 g/mol. The Hall–Kier alpha value is -1.71. The van der Waals surface area contributed by atoms with Crippen molar-refractivity contribution in [2.45, 2.75) is 39.0 Å². The fourth-order valence-corrected chi connectivity index (χ4v) is 2.95. The molecule has 1 amide bonds. The Morgan fingerprint density at radius 1 is 1.48 bits per heavy atom. The topological polar surface area (TPSA) is 33.2 Å². The number of aromatic nitrogens is 1. The molecule has 2 heterocycles. The van der Waals surface area contributed by atoms with E-state index in [9.17, 15) is 9.18 Å². The first-order valence-electron chi connectivity index (χ1n) is 7.52. The molecule has 4 heteroatoms. The third kappa shape index (κ3) is 4.13. The molecular weight excluding hydrogens is 267 g/mol. The number of carbonyl (C=O) groups excluding carboxylic acids is 1. The summed E-state index contributed by atoms with van der Waals surface area (Å²) in [6.45, 7) is 9.30. The summed E-state index contributed by atoms with van der Waals surface area (Å²) in [6, 6.07) is 3.20. The minimum absolute atomic E-state index is 0.00277. The van der Waals surface area contributed by atoms with Gasteiger partial charge in [0.2, 0.25) is 5.91 Å². The number of allylic oxidation sites excluding steroid dienone is 1. The van der Waals surface area contributed by atoms with Crippen LogP contribution in [0.25, 0.3) is 0 Å². The highest BCUT2D eigenvalue weighted by atomic mass is 19.1. The van der Waals surface area contributed by atoms with Gasteiger partial charge in [-0.1, -0.05) is 12.5 Å². The van der Waals surface area contributed by atoms with Crippen LogP contribution in [0.2, 0.25) is 0 Å². The first-order chi connectivity index (χ1) is 9.97. The van der Waals surface area contributed by atoms with Crippen molar-refractivity contribution in [1.82, 2.24) is 9.88 Å². The number of hydrogen-bond donors (Lipinski definition) is 0. The molecule has 1 aliphatic heterocycles. The quantitative estimate of drug-likeness (QED) is 0.795. The summed E-state index contributed by atoms with van der Waals surface area (Å²) in [4.78, 5) is 18.4. The molecule has 3 nitrogen and oxygen atoms in total. The van der Waals surface area contributed by atoms with Gasteiger partial charge in [0.25, 0.3) is 0 Å². The average Bonchev–Trinajstić information content (AvgIpc) is 2.47. The molecule has 21 heavy (non-hydrogen) atoms. The van der Waals surface area contributed by atoms with Crippen LogP contribution in [0.3, 0.4) is 0 Å². The second-order valence-corrected chi connectivity index (χ2v) is 6.06. The summed E-state index contributed by atoms with van der Waals surface area (Å²) in [7, 11) is 0. The molecule has 114 valence electrons. The van der Waals surface area contributed by atoms with Gasteiger partial charge in [0, 0.05) is 30.6 Å². The van der Waals surface area contributed by atoms with Crippen molar-refractivity contribution in [2.24, 2.45) is 5.92 Å². The van der Waals surface area contributed by atoms with E-state index in [-0.39, 0.29) is 17.6 Å². The smallest absolute Gasteiger partial charge is 0.225 e. The number of rotatable bonds is 4. The van der Waals surface area contributed by atoms with Gasteiger partial charge < -0.3 is 4.90 Å². The van der Waals surface area contributed by atoms with Gasteiger partial charge in [0.05, 0.1) is 6.20 Å². The van der Waals surface area contributed by atoms with E-state index in [0.29, 0.717) is 5.92 Å². The molecule has 1 atom stereocenters. The normalized spacial score (nSPS) is 17.6. The summed E-state index contributed by atoms with van der Waals surface area (Å²) in [5, 5.41) is 0. The van der Waals surface area contributed by atoms with E-state index in [1.54, 1.807) is 6.07 Å². The van der Waals surface area contributed by atoms with Crippen LogP contribution in [0.15, 0.2) is 30.5 Å². The van der Waals surface area contributed by atoms with Crippen LogP contribution in [0, 0.1) is 11.7 Å². The Morgan fingerprint density at radius 2 is 2.14 bits per heavy atom. The summed E-state index contributed by atoms with van der Waals surface area (Å²) in [6.07, 6.45) is 3.80. The third-order valence-electron chi connectivity index (χ3n) is 4.05. The largest absolute Gasteiger partial charge is 0.342 e. The highest BCUT2D eigenvalue weighted by Gasteiger charge is 2.27. The monoisotopic (exact) mass is 290 g/mol. The van der Waals surface area contributed by atoms with E-state index in [4.69, 9.17) is 0 Å². The number of hydrogen-bond acceptors (Lipinski definition) is 2. The van der Waals surface area contributed by atoms with Gasteiger partial charge in [-0.05, 0) is 38.3 Å². The van der Waals surface area contributed by atoms with Crippen LogP contribution in [0.5, 0.6) is 0 Å². The second kappa shape index (κ2) is 6.83. The maximum Gasteiger partial charge on any atom is 0.225 e. The Morgan fingerprint density at radius 3 is 2.67 bits per heavy atom. The molecule has 1 aromatic heterocycles. The standard InChI is InChI=1S/C17H23FN2O/c1-12(2)10-13(3)17(21)20-8-6-14(7-9-20)16-5-4-15(18)11-19-16/h4-5,11,13-14H,1,6-10H2,2-3H3. The van der Waals surface area contributed by atoms with Crippen LogP contribution >= 0.6 is 0 Å². The molecule has 1 aliphatic rings. The van der Waals surface area contributed by atoms with E-state index >= 15 is 0 Å². The van der Waals surface area contributed by atoms with Crippen molar-refractivity contribution < 1.29 is 9.18 Å². The first-order valence-corrected chi connectivity index (χ1v) is 7.52. The maximum absolute atomic E-state index is 12.9. The number of carbonyl (C=O) groups is 1. The van der Waals surface area contributed by atoms with Crippen molar-refractivity contribution in [2.75, 3.05) is 13.1 Å². The van der Waals surface area contributed by atoms with Gasteiger partial charge in [-0.25, -0.2) is 4.39 Å². The number of likely N-dealkylation sites (tertiary alicyclic amines) is 1. The number of halogens is 1. The lowest BCUT2D eigenvalue weighted by Gasteiger charge is -2.33. The van der Waals surface area contributed by atoms with Crippen molar-refractivity contribution >= 4 is 5.91 Å². The van der Waals surface area contributed by atoms with Crippen LogP contribution in [-0.2, 0) is 4.79 Å². The molecular formula is C17H23FN2O. The molecule has 0 N–H and O–H groups in total. The molecule has 0 radical (unpaired) electrons. The second-order valence-electron chi connectivity index (χ2n) is 6.06. The van der Waals surface area contributed by atoms with Crippen molar-refractivity contribution in [3.63, 3.8) is 0 Å². The van der Waals surface area contributed by atoms with Gasteiger partial charge in [-0.3, -0.25) is 9.78 Å². The zero-order chi connectivity index (χ0) is 15.4. The number of piperidine rings is 1.